The normalized spacial score (nSPS) is 20.1. The van der Waals surface area contributed by atoms with Crippen molar-refractivity contribution in [3.63, 3.8) is 0 Å². The van der Waals surface area contributed by atoms with Crippen LogP contribution >= 0.6 is 23.5 Å². The first kappa shape index (κ1) is 34.7. The largest absolute Gasteiger partial charge is 0.480 e. The van der Waals surface area contributed by atoms with E-state index in [1.165, 1.54) is 4.90 Å². The number of hydrogen-bond donors (Lipinski definition) is 4. The fraction of sp³-hybridized carbons (Fsp3) is 0.778. The number of amides is 4. The van der Waals surface area contributed by atoms with Gasteiger partial charge >= 0.3 is 12.1 Å². The lowest BCUT2D eigenvalue weighted by atomic mass is 9.85. The van der Waals surface area contributed by atoms with Crippen LogP contribution in [-0.2, 0) is 28.7 Å². The summed E-state index contributed by atoms with van der Waals surface area (Å²) in [5.74, 6) is -2.62. The molecule has 4 N–H and O–H groups in total. The van der Waals surface area contributed by atoms with E-state index < -0.39 is 75.3 Å². The predicted octanol–water partition coefficient (Wildman–Crippen LogP) is 2.15. The first-order valence-corrected chi connectivity index (χ1v) is 15.8. The molecule has 2 heterocycles. The minimum atomic E-state index is -1.30. The molecule has 2 unspecified atom stereocenters. The Hall–Kier alpha value is -2.48. The number of carbonyl (C=O) groups is 6. The Kier molecular flexibility index (Phi) is 12.0. The van der Waals surface area contributed by atoms with Crippen LogP contribution in [0, 0.1) is 5.41 Å². The average Bonchev–Trinajstić information content (AvgIpc) is 3.22. The van der Waals surface area contributed by atoms with Gasteiger partial charge in [-0.25, -0.2) is 4.79 Å². The molecule has 3 atom stereocenters. The molecule has 0 aromatic heterocycles. The highest BCUT2D eigenvalue weighted by Gasteiger charge is 2.53. The minimum Gasteiger partial charge on any atom is -0.480 e. The minimum absolute atomic E-state index is 0.158. The number of ketones is 1. The number of ether oxygens (including phenoxy) is 1. The third-order valence-corrected chi connectivity index (χ3v) is 9.84. The van der Waals surface area contributed by atoms with E-state index in [-0.39, 0.29) is 13.0 Å². The molecule has 41 heavy (non-hydrogen) atoms. The molecule has 2 saturated heterocycles. The highest BCUT2D eigenvalue weighted by atomic mass is 32.2. The molecule has 4 amide bonds. The number of Topliss-reactive ketones (excluding diaryl/α,β-unsaturated/α-hetero) is 1. The first-order valence-electron chi connectivity index (χ1n) is 13.8. The van der Waals surface area contributed by atoms with Crippen LogP contribution in [0.2, 0.25) is 0 Å². The van der Waals surface area contributed by atoms with Crippen molar-refractivity contribution in [1.82, 2.24) is 20.9 Å². The summed E-state index contributed by atoms with van der Waals surface area (Å²) in [7, 11) is 0. The van der Waals surface area contributed by atoms with Gasteiger partial charge in [0.25, 0.3) is 5.91 Å². The Balaban J connectivity index is 2.35. The molecule has 0 radical (unpaired) electrons. The van der Waals surface area contributed by atoms with Gasteiger partial charge in [0, 0.05) is 13.0 Å². The molecule has 12 nitrogen and oxygen atoms in total. The number of nitrogens with one attached hydrogen (secondary N) is 3. The summed E-state index contributed by atoms with van der Waals surface area (Å²) in [5, 5.41) is 16.2. The molecule has 0 aromatic carbocycles. The molecule has 0 aliphatic carbocycles. The van der Waals surface area contributed by atoms with E-state index in [0.29, 0.717) is 12.8 Å². The van der Waals surface area contributed by atoms with Crippen molar-refractivity contribution in [1.29, 1.82) is 0 Å². The lowest BCUT2D eigenvalue weighted by molar-refractivity contribution is -0.144. The molecule has 0 saturated carbocycles. The summed E-state index contributed by atoms with van der Waals surface area (Å²) in [6.45, 7) is 11.9. The van der Waals surface area contributed by atoms with Gasteiger partial charge in [0.05, 0.1) is 10.1 Å². The lowest BCUT2D eigenvalue weighted by Gasteiger charge is -2.36. The van der Waals surface area contributed by atoms with Crippen LogP contribution < -0.4 is 16.0 Å². The number of aliphatic carboxylic acids is 1. The summed E-state index contributed by atoms with van der Waals surface area (Å²) in [5.41, 5.74) is -1.50. The molecule has 232 valence electrons. The van der Waals surface area contributed by atoms with Crippen molar-refractivity contribution in [3.05, 3.63) is 0 Å². The van der Waals surface area contributed by atoms with Crippen LogP contribution in [0.3, 0.4) is 0 Å². The third kappa shape index (κ3) is 10.1. The fourth-order valence-electron chi connectivity index (χ4n) is 4.60. The number of carboxylic acid groups (broad SMARTS) is 1. The molecular weight excluding hydrogens is 572 g/mol. The van der Waals surface area contributed by atoms with Gasteiger partial charge in [-0.2, -0.15) is 0 Å². The maximum Gasteiger partial charge on any atom is 0.408 e. The number of alkyl carbamates (subject to hydrolysis) is 1. The molecule has 1 spiro atoms. The van der Waals surface area contributed by atoms with E-state index in [4.69, 9.17) is 9.84 Å². The van der Waals surface area contributed by atoms with Gasteiger partial charge in [0.1, 0.15) is 24.2 Å². The zero-order chi connectivity index (χ0) is 31.2. The van der Waals surface area contributed by atoms with Crippen LogP contribution in [0.25, 0.3) is 0 Å². The van der Waals surface area contributed by atoms with Crippen molar-refractivity contribution in [2.75, 3.05) is 24.6 Å². The molecule has 2 rings (SSSR count). The SMILES string of the molecule is CCCC(NC(=O)[C@@H]1CC2(CN1C(=O)C(NC(=O)OC(C)(C)C)C(C)(C)C)SCCCS2)C(=O)C(=O)NCC(=O)O. The van der Waals surface area contributed by atoms with Gasteiger partial charge in [-0.05, 0) is 50.5 Å². The second-order valence-corrected chi connectivity index (χ2v) is 15.6. The maximum atomic E-state index is 14.1. The fourth-order valence-corrected chi connectivity index (χ4v) is 7.95. The van der Waals surface area contributed by atoms with Gasteiger partial charge in [0.2, 0.25) is 17.6 Å². The number of thioether (sulfide) groups is 2. The first-order chi connectivity index (χ1) is 18.9. The summed E-state index contributed by atoms with van der Waals surface area (Å²) < 4.78 is 4.98. The summed E-state index contributed by atoms with van der Waals surface area (Å²) in [4.78, 5) is 77.9. The molecule has 2 aliphatic heterocycles. The van der Waals surface area contributed by atoms with E-state index in [2.05, 4.69) is 10.6 Å². The lowest BCUT2D eigenvalue weighted by Crippen LogP contribution is -2.59. The number of likely N-dealkylation sites (tertiary alicyclic amines) is 1. The second-order valence-electron chi connectivity index (χ2n) is 12.4. The van der Waals surface area contributed by atoms with Crippen LogP contribution in [0.15, 0.2) is 0 Å². The highest BCUT2D eigenvalue weighted by molar-refractivity contribution is 8.18. The van der Waals surface area contributed by atoms with Gasteiger partial charge in [-0.1, -0.05) is 34.1 Å². The summed E-state index contributed by atoms with van der Waals surface area (Å²) in [6, 6.07) is -3.13. The topological polar surface area (TPSA) is 171 Å². The summed E-state index contributed by atoms with van der Waals surface area (Å²) in [6.07, 6.45) is 1.22. The Labute approximate surface area is 250 Å². The zero-order valence-corrected chi connectivity index (χ0v) is 26.6. The molecule has 2 aliphatic rings. The monoisotopic (exact) mass is 616 g/mol. The Morgan fingerprint density at radius 2 is 1.63 bits per heavy atom. The highest BCUT2D eigenvalue weighted by Crippen LogP contribution is 2.50. The number of hydrogen-bond acceptors (Lipinski definition) is 9. The van der Waals surface area contributed by atoms with Gasteiger partial charge in [0.15, 0.2) is 0 Å². The smallest absolute Gasteiger partial charge is 0.408 e. The van der Waals surface area contributed by atoms with Crippen molar-refractivity contribution < 1.29 is 38.6 Å². The quantitative estimate of drug-likeness (QED) is 0.267. The van der Waals surface area contributed by atoms with Crippen molar-refractivity contribution >= 4 is 59.1 Å². The zero-order valence-electron chi connectivity index (χ0n) is 25.0. The second kappa shape index (κ2) is 14.1. The number of nitrogens with zero attached hydrogens (tertiary/aromatic N) is 1. The summed E-state index contributed by atoms with van der Waals surface area (Å²) >= 11 is 3.39. The van der Waals surface area contributed by atoms with Crippen molar-refractivity contribution in [2.24, 2.45) is 5.41 Å². The number of rotatable bonds is 10. The average molecular weight is 617 g/mol. The Morgan fingerprint density at radius 3 is 2.15 bits per heavy atom. The van der Waals surface area contributed by atoms with Crippen LogP contribution in [0.5, 0.6) is 0 Å². The molecule has 0 bridgehead atoms. The Bertz CT molecular complexity index is 1020. The van der Waals surface area contributed by atoms with E-state index in [1.54, 1.807) is 51.2 Å². The predicted molar refractivity (Wildman–Crippen MR) is 157 cm³/mol. The van der Waals surface area contributed by atoms with Gasteiger partial charge < -0.3 is 30.7 Å². The standard InChI is InChI=1S/C27H44N4O8S2/c1-8-10-16(19(34)22(36)28-14-18(32)33)29-21(35)17-13-27(40-11-9-12-41-27)15-31(17)23(37)20(25(2,3)4)30-24(38)39-26(5,6)7/h16-17,20H,8-15H2,1-7H3,(H,28,36)(H,29,35)(H,30,38)(H,32,33)/t16?,17-,20?/m0/s1. The third-order valence-electron chi connectivity index (χ3n) is 6.50. The number of carboxylic acids is 1. The van der Waals surface area contributed by atoms with Crippen LogP contribution in [0.1, 0.15) is 74.1 Å². The Morgan fingerprint density at radius 1 is 1.02 bits per heavy atom. The molecule has 0 aromatic rings. The van der Waals surface area contributed by atoms with E-state index >= 15 is 0 Å². The molecular formula is C27H44N4O8S2. The van der Waals surface area contributed by atoms with E-state index in [0.717, 1.165) is 17.9 Å². The van der Waals surface area contributed by atoms with Crippen LogP contribution in [0.4, 0.5) is 4.79 Å². The van der Waals surface area contributed by atoms with Crippen LogP contribution in [-0.4, -0.2) is 98.0 Å². The van der Waals surface area contributed by atoms with Gasteiger partial charge in [-0.15, -0.1) is 23.5 Å². The van der Waals surface area contributed by atoms with E-state index in [1.807, 2.05) is 26.1 Å². The van der Waals surface area contributed by atoms with E-state index in [9.17, 15) is 28.8 Å². The van der Waals surface area contributed by atoms with Gasteiger partial charge in [-0.3, -0.25) is 24.0 Å². The maximum absolute atomic E-state index is 14.1. The van der Waals surface area contributed by atoms with Crippen molar-refractivity contribution in [2.45, 2.75) is 102 Å². The molecule has 14 heteroatoms. The number of carbonyl (C=O) groups excluding carboxylic acids is 5. The molecule has 2 fully saturated rings. The van der Waals surface area contributed by atoms with Crippen molar-refractivity contribution in [3.8, 4) is 0 Å².